The Hall–Kier alpha value is -2.06. The number of hydrogen-bond donors (Lipinski definition) is 1. The van der Waals surface area contributed by atoms with Gasteiger partial charge in [0, 0.05) is 51.9 Å². The molecule has 0 aromatic heterocycles. The first-order valence-electron chi connectivity index (χ1n) is 11.6. The highest BCUT2D eigenvalue weighted by Gasteiger charge is 2.34. The minimum absolute atomic E-state index is 0.0960. The first kappa shape index (κ1) is 23.1. The molecule has 3 unspecified atom stereocenters. The minimum Gasteiger partial charge on any atom is -0.356 e. The quantitative estimate of drug-likeness (QED) is 0.433. The molecule has 2 fully saturated rings. The maximum Gasteiger partial charge on any atom is 0.416 e. The molecule has 0 saturated carbocycles. The molecular formula is C24H34F3N5. The Bertz CT molecular complexity index is 812. The number of hydrogen-bond acceptors (Lipinski definition) is 3. The van der Waals surface area contributed by atoms with Crippen molar-refractivity contribution >= 4 is 5.96 Å². The van der Waals surface area contributed by atoms with Gasteiger partial charge in [-0.3, -0.25) is 14.8 Å². The summed E-state index contributed by atoms with van der Waals surface area (Å²) in [5, 5.41) is 3.58. The highest BCUT2D eigenvalue weighted by Crippen LogP contribution is 2.36. The zero-order chi connectivity index (χ0) is 22.7. The molecule has 176 valence electrons. The van der Waals surface area contributed by atoms with Gasteiger partial charge in [0.15, 0.2) is 5.96 Å². The summed E-state index contributed by atoms with van der Waals surface area (Å²) in [4.78, 5) is 11.6. The summed E-state index contributed by atoms with van der Waals surface area (Å²) in [6.07, 6.45) is 3.44. The maximum absolute atomic E-state index is 13.0. The third-order valence-electron chi connectivity index (χ3n) is 7.15. The third-order valence-corrected chi connectivity index (χ3v) is 7.15. The number of guanidine groups is 1. The molecule has 1 aromatic rings. The van der Waals surface area contributed by atoms with E-state index in [4.69, 9.17) is 0 Å². The van der Waals surface area contributed by atoms with Crippen molar-refractivity contribution in [2.45, 2.75) is 37.5 Å². The summed E-state index contributed by atoms with van der Waals surface area (Å²) >= 11 is 0. The second-order valence-electron chi connectivity index (χ2n) is 9.19. The van der Waals surface area contributed by atoms with Gasteiger partial charge in [-0.25, -0.2) is 0 Å². The van der Waals surface area contributed by atoms with Gasteiger partial charge in [-0.1, -0.05) is 24.3 Å². The van der Waals surface area contributed by atoms with Crippen molar-refractivity contribution in [1.29, 1.82) is 0 Å². The van der Waals surface area contributed by atoms with Crippen molar-refractivity contribution in [2.75, 3.05) is 53.4 Å². The molecule has 8 heteroatoms. The fourth-order valence-electron chi connectivity index (χ4n) is 5.45. The van der Waals surface area contributed by atoms with Crippen molar-refractivity contribution in [3.63, 3.8) is 0 Å². The second kappa shape index (κ2) is 9.83. The summed E-state index contributed by atoms with van der Waals surface area (Å²) in [5.41, 5.74) is 0.358. The molecular weight excluding hydrogens is 415 g/mol. The summed E-state index contributed by atoms with van der Waals surface area (Å²) in [6.45, 7) is 5.76. The number of likely N-dealkylation sites (tertiary alicyclic amines) is 2. The molecule has 5 nitrogen and oxygen atoms in total. The molecule has 1 aromatic carbocycles. The summed E-state index contributed by atoms with van der Waals surface area (Å²) < 4.78 is 39.0. The average molecular weight is 450 g/mol. The molecule has 3 atom stereocenters. The summed E-state index contributed by atoms with van der Waals surface area (Å²) in [7, 11) is 3.89. The predicted molar refractivity (Wildman–Crippen MR) is 122 cm³/mol. The van der Waals surface area contributed by atoms with Crippen LogP contribution in [0, 0.1) is 5.92 Å². The van der Waals surface area contributed by atoms with Crippen molar-refractivity contribution in [3.8, 4) is 0 Å². The van der Waals surface area contributed by atoms with Gasteiger partial charge in [-0.2, -0.15) is 13.2 Å². The normalized spacial score (nSPS) is 28.0. The van der Waals surface area contributed by atoms with Crippen LogP contribution in [0.2, 0.25) is 0 Å². The van der Waals surface area contributed by atoms with E-state index in [1.165, 1.54) is 12.1 Å². The zero-order valence-corrected chi connectivity index (χ0v) is 19.0. The van der Waals surface area contributed by atoms with Crippen LogP contribution in [-0.4, -0.2) is 80.1 Å². The lowest BCUT2D eigenvalue weighted by atomic mass is 9.84. The Labute approximate surface area is 189 Å². The molecule has 0 radical (unpaired) electrons. The molecule has 3 aliphatic rings. The third kappa shape index (κ3) is 5.12. The summed E-state index contributed by atoms with van der Waals surface area (Å²) in [5.74, 6) is 1.24. The van der Waals surface area contributed by atoms with Crippen LogP contribution >= 0.6 is 0 Å². The van der Waals surface area contributed by atoms with E-state index in [0.717, 1.165) is 70.1 Å². The zero-order valence-electron chi connectivity index (χ0n) is 19.0. The van der Waals surface area contributed by atoms with E-state index in [-0.39, 0.29) is 6.04 Å². The molecule has 2 saturated heterocycles. The van der Waals surface area contributed by atoms with Gasteiger partial charge in [-0.05, 0) is 56.5 Å². The fourth-order valence-corrected chi connectivity index (χ4v) is 5.45. The Morgan fingerprint density at radius 3 is 2.47 bits per heavy atom. The van der Waals surface area contributed by atoms with E-state index in [0.29, 0.717) is 12.0 Å². The van der Waals surface area contributed by atoms with Crippen molar-refractivity contribution in [3.05, 3.63) is 47.5 Å². The SMILES string of the molecule is CN=C(NCC1CCCN(C)C1c1ccc(C(F)(F)F)cc1)N1CCC(N2CC=CC2)C1. The number of rotatable bonds is 4. The van der Waals surface area contributed by atoms with Crippen molar-refractivity contribution in [1.82, 2.24) is 20.0 Å². The fraction of sp³-hybridized carbons (Fsp3) is 0.625. The standard InChI is InChI=1S/C24H34F3N5/c1-28-23(32-15-11-21(17-32)31-13-3-4-14-31)29-16-19-6-5-12-30(2)22(19)18-7-9-20(10-8-18)24(25,26)27/h3-4,7-10,19,21-22H,5-6,11-17H2,1-2H3,(H,28,29). The minimum atomic E-state index is -4.30. The first-order chi connectivity index (χ1) is 15.4. The molecule has 4 rings (SSSR count). The number of nitrogens with zero attached hydrogens (tertiary/aromatic N) is 4. The lowest BCUT2D eigenvalue weighted by molar-refractivity contribution is -0.137. The van der Waals surface area contributed by atoms with E-state index in [2.05, 4.69) is 44.2 Å². The van der Waals surface area contributed by atoms with Gasteiger partial charge < -0.3 is 10.2 Å². The van der Waals surface area contributed by atoms with Gasteiger partial charge in [0.05, 0.1) is 5.56 Å². The molecule has 0 spiro atoms. The van der Waals surface area contributed by atoms with Gasteiger partial charge >= 0.3 is 6.18 Å². The predicted octanol–water partition coefficient (Wildman–Crippen LogP) is 3.61. The van der Waals surface area contributed by atoms with Crippen LogP contribution in [0.5, 0.6) is 0 Å². The molecule has 0 amide bonds. The van der Waals surface area contributed by atoms with Crippen LogP contribution in [0.4, 0.5) is 13.2 Å². The van der Waals surface area contributed by atoms with Gasteiger partial charge in [0.25, 0.3) is 0 Å². The lowest BCUT2D eigenvalue weighted by Crippen LogP contribution is -2.47. The van der Waals surface area contributed by atoms with Crippen LogP contribution in [0.25, 0.3) is 0 Å². The maximum atomic E-state index is 13.0. The van der Waals surface area contributed by atoms with E-state index in [1.807, 2.05) is 7.05 Å². The highest BCUT2D eigenvalue weighted by molar-refractivity contribution is 5.80. The number of alkyl halides is 3. The van der Waals surface area contributed by atoms with E-state index in [9.17, 15) is 13.2 Å². The Morgan fingerprint density at radius 1 is 1.09 bits per heavy atom. The number of aliphatic imine (C=N–C) groups is 1. The van der Waals surface area contributed by atoms with E-state index >= 15 is 0 Å². The van der Waals surface area contributed by atoms with Crippen LogP contribution < -0.4 is 5.32 Å². The summed E-state index contributed by atoms with van der Waals surface area (Å²) in [6, 6.07) is 6.36. The number of halogens is 3. The van der Waals surface area contributed by atoms with Crippen LogP contribution in [0.1, 0.15) is 36.4 Å². The molecule has 32 heavy (non-hydrogen) atoms. The van der Waals surface area contributed by atoms with Gasteiger partial charge in [-0.15, -0.1) is 0 Å². The topological polar surface area (TPSA) is 34.1 Å². The molecule has 3 aliphatic heterocycles. The smallest absolute Gasteiger partial charge is 0.356 e. The lowest BCUT2D eigenvalue weighted by Gasteiger charge is -2.40. The Morgan fingerprint density at radius 2 is 1.81 bits per heavy atom. The molecule has 1 N–H and O–H groups in total. The highest BCUT2D eigenvalue weighted by atomic mass is 19.4. The van der Waals surface area contributed by atoms with Crippen molar-refractivity contribution < 1.29 is 13.2 Å². The molecule has 0 bridgehead atoms. The Kier molecular flexibility index (Phi) is 7.10. The van der Waals surface area contributed by atoms with Gasteiger partial charge in [0.1, 0.15) is 0 Å². The number of benzene rings is 1. The Balaban J connectivity index is 1.39. The number of piperidine rings is 1. The van der Waals surface area contributed by atoms with Crippen LogP contribution in [0.15, 0.2) is 41.4 Å². The number of nitrogens with one attached hydrogen (secondary N) is 1. The van der Waals surface area contributed by atoms with Crippen molar-refractivity contribution in [2.24, 2.45) is 10.9 Å². The second-order valence-corrected chi connectivity index (χ2v) is 9.19. The first-order valence-corrected chi connectivity index (χ1v) is 11.6. The molecule has 0 aliphatic carbocycles. The van der Waals surface area contributed by atoms with E-state index < -0.39 is 11.7 Å². The monoisotopic (exact) mass is 449 g/mol. The average Bonchev–Trinajstić information content (AvgIpc) is 3.46. The van der Waals surface area contributed by atoms with Gasteiger partial charge in [0.2, 0.25) is 0 Å². The van der Waals surface area contributed by atoms with Crippen LogP contribution in [-0.2, 0) is 6.18 Å². The van der Waals surface area contributed by atoms with E-state index in [1.54, 1.807) is 12.1 Å². The largest absolute Gasteiger partial charge is 0.416 e. The van der Waals surface area contributed by atoms with Crippen LogP contribution in [0.3, 0.4) is 0 Å². The molecule has 3 heterocycles.